The summed E-state index contributed by atoms with van der Waals surface area (Å²) < 4.78 is 20.6. The molecular formula is C14H16BrFN2O3. The van der Waals surface area contributed by atoms with Crippen LogP contribution in [0.2, 0.25) is 0 Å². The average molecular weight is 359 g/mol. The van der Waals surface area contributed by atoms with E-state index in [1.165, 1.54) is 11.0 Å². The SMILES string of the molecule is CC12CC(NC(=O)N1CCCO)c1cc(Br)cc(F)c1O2. The van der Waals surface area contributed by atoms with Crippen LogP contribution in [0.4, 0.5) is 9.18 Å². The van der Waals surface area contributed by atoms with Crippen molar-refractivity contribution in [3.63, 3.8) is 0 Å². The zero-order valence-corrected chi connectivity index (χ0v) is 13.1. The second kappa shape index (κ2) is 5.14. The number of carbonyl (C=O) groups excluding carboxylic acids is 1. The van der Waals surface area contributed by atoms with Gasteiger partial charge < -0.3 is 15.2 Å². The number of nitrogens with one attached hydrogen (secondary N) is 1. The van der Waals surface area contributed by atoms with Gasteiger partial charge in [0.15, 0.2) is 17.3 Å². The summed E-state index contributed by atoms with van der Waals surface area (Å²) in [6.07, 6.45) is 0.986. The van der Waals surface area contributed by atoms with Crippen LogP contribution in [-0.2, 0) is 0 Å². The number of hydrogen-bond donors (Lipinski definition) is 2. The number of aliphatic hydroxyl groups excluding tert-OH is 1. The lowest BCUT2D eigenvalue weighted by molar-refractivity contribution is -0.0872. The highest BCUT2D eigenvalue weighted by molar-refractivity contribution is 9.10. The van der Waals surface area contributed by atoms with E-state index in [-0.39, 0.29) is 24.4 Å². The summed E-state index contributed by atoms with van der Waals surface area (Å²) in [5, 5.41) is 11.8. The molecule has 0 saturated carbocycles. The van der Waals surface area contributed by atoms with Crippen LogP contribution >= 0.6 is 15.9 Å². The molecule has 114 valence electrons. The number of carbonyl (C=O) groups is 1. The third-order valence-electron chi connectivity index (χ3n) is 3.97. The van der Waals surface area contributed by atoms with Crippen LogP contribution in [0.25, 0.3) is 0 Å². The molecule has 2 N–H and O–H groups in total. The van der Waals surface area contributed by atoms with E-state index < -0.39 is 11.5 Å². The number of aliphatic hydroxyl groups is 1. The molecule has 2 unspecified atom stereocenters. The Kier molecular flexibility index (Phi) is 3.57. The zero-order valence-electron chi connectivity index (χ0n) is 11.5. The van der Waals surface area contributed by atoms with E-state index in [1.54, 1.807) is 13.0 Å². The van der Waals surface area contributed by atoms with Crippen LogP contribution in [-0.4, -0.2) is 34.9 Å². The Morgan fingerprint density at radius 2 is 2.38 bits per heavy atom. The van der Waals surface area contributed by atoms with Crippen molar-refractivity contribution in [2.45, 2.75) is 31.5 Å². The lowest BCUT2D eigenvalue weighted by Gasteiger charge is -2.50. The molecule has 0 spiro atoms. The Balaban J connectivity index is 2.01. The molecule has 2 heterocycles. The first-order valence-corrected chi connectivity index (χ1v) is 7.61. The van der Waals surface area contributed by atoms with Crippen molar-refractivity contribution in [1.29, 1.82) is 0 Å². The van der Waals surface area contributed by atoms with Crippen LogP contribution in [0.1, 0.15) is 31.4 Å². The number of ether oxygens (including phenoxy) is 1. The summed E-state index contributed by atoms with van der Waals surface area (Å²) in [6, 6.07) is 2.59. The Morgan fingerprint density at radius 3 is 3.10 bits per heavy atom. The first-order chi connectivity index (χ1) is 9.94. The maximum atomic E-state index is 14.2. The van der Waals surface area contributed by atoms with E-state index in [1.807, 2.05) is 0 Å². The molecule has 1 aromatic carbocycles. The largest absolute Gasteiger partial charge is 0.465 e. The summed E-state index contributed by atoms with van der Waals surface area (Å²) in [4.78, 5) is 13.8. The predicted molar refractivity (Wildman–Crippen MR) is 77.4 cm³/mol. The third-order valence-corrected chi connectivity index (χ3v) is 4.43. The topological polar surface area (TPSA) is 61.8 Å². The summed E-state index contributed by atoms with van der Waals surface area (Å²) in [6.45, 7) is 2.13. The molecule has 0 aromatic heterocycles. The monoisotopic (exact) mass is 358 g/mol. The molecule has 2 bridgehead atoms. The van der Waals surface area contributed by atoms with Crippen LogP contribution in [0.15, 0.2) is 16.6 Å². The molecule has 2 atom stereocenters. The fourth-order valence-electron chi connectivity index (χ4n) is 3.00. The first kappa shape index (κ1) is 14.6. The molecule has 0 radical (unpaired) electrons. The lowest BCUT2D eigenvalue weighted by Crippen LogP contribution is -2.64. The quantitative estimate of drug-likeness (QED) is 0.872. The Bertz CT molecular complexity index is 598. The van der Waals surface area contributed by atoms with Gasteiger partial charge in [-0.25, -0.2) is 9.18 Å². The van der Waals surface area contributed by atoms with Gasteiger partial charge in [-0.15, -0.1) is 0 Å². The van der Waals surface area contributed by atoms with Gasteiger partial charge in [0.25, 0.3) is 0 Å². The van der Waals surface area contributed by atoms with E-state index in [9.17, 15) is 9.18 Å². The van der Waals surface area contributed by atoms with Crippen molar-refractivity contribution in [1.82, 2.24) is 10.2 Å². The van der Waals surface area contributed by atoms with Gasteiger partial charge in [-0.05, 0) is 25.5 Å². The Labute approximate surface area is 130 Å². The second-order valence-corrected chi connectivity index (χ2v) is 6.43. The molecule has 2 aliphatic rings. The van der Waals surface area contributed by atoms with E-state index in [4.69, 9.17) is 9.84 Å². The molecule has 5 nitrogen and oxygen atoms in total. The van der Waals surface area contributed by atoms with Crippen molar-refractivity contribution in [3.05, 3.63) is 28.0 Å². The first-order valence-electron chi connectivity index (χ1n) is 6.81. The average Bonchev–Trinajstić information content (AvgIpc) is 2.40. The minimum Gasteiger partial charge on any atom is -0.465 e. The normalized spacial score (nSPS) is 27.0. The minimum absolute atomic E-state index is 0.0127. The van der Waals surface area contributed by atoms with Crippen molar-refractivity contribution in [2.75, 3.05) is 13.2 Å². The summed E-state index contributed by atoms with van der Waals surface area (Å²) in [5.41, 5.74) is -0.251. The van der Waals surface area contributed by atoms with Gasteiger partial charge in [-0.2, -0.15) is 0 Å². The highest BCUT2D eigenvalue weighted by Crippen LogP contribution is 2.46. The number of rotatable bonds is 3. The number of nitrogens with zero attached hydrogens (tertiary/aromatic N) is 1. The van der Waals surface area contributed by atoms with Gasteiger partial charge in [-0.1, -0.05) is 15.9 Å². The number of hydrogen-bond acceptors (Lipinski definition) is 3. The number of urea groups is 1. The fourth-order valence-corrected chi connectivity index (χ4v) is 3.45. The van der Waals surface area contributed by atoms with Crippen LogP contribution in [0.5, 0.6) is 5.75 Å². The van der Waals surface area contributed by atoms with Crippen molar-refractivity contribution in [2.24, 2.45) is 0 Å². The molecule has 0 aliphatic carbocycles. The van der Waals surface area contributed by atoms with Gasteiger partial charge in [0, 0.05) is 29.6 Å². The van der Waals surface area contributed by atoms with Crippen LogP contribution in [0, 0.1) is 5.82 Å². The maximum Gasteiger partial charge on any atom is 0.320 e. The van der Waals surface area contributed by atoms with Crippen molar-refractivity contribution in [3.8, 4) is 5.75 Å². The second-order valence-electron chi connectivity index (χ2n) is 5.52. The highest BCUT2D eigenvalue weighted by Gasteiger charge is 2.49. The summed E-state index contributed by atoms with van der Waals surface area (Å²) in [5.74, 6) is -0.264. The van der Waals surface area contributed by atoms with Gasteiger partial charge in [0.05, 0.1) is 6.04 Å². The molecular weight excluding hydrogens is 343 g/mol. The molecule has 1 aromatic rings. The highest BCUT2D eigenvalue weighted by atomic mass is 79.9. The van der Waals surface area contributed by atoms with E-state index in [2.05, 4.69) is 21.2 Å². The smallest absolute Gasteiger partial charge is 0.320 e. The minimum atomic E-state index is -0.899. The molecule has 3 rings (SSSR count). The van der Waals surface area contributed by atoms with Gasteiger partial charge in [0.2, 0.25) is 0 Å². The number of benzene rings is 1. The summed E-state index contributed by atoms with van der Waals surface area (Å²) >= 11 is 3.26. The molecule has 1 saturated heterocycles. The fraction of sp³-hybridized carbons (Fsp3) is 0.500. The Morgan fingerprint density at radius 1 is 1.62 bits per heavy atom. The molecule has 1 fully saturated rings. The lowest BCUT2D eigenvalue weighted by atomic mass is 9.90. The number of fused-ring (bicyclic) bond motifs is 4. The zero-order chi connectivity index (χ0) is 15.2. The molecule has 2 aliphatic heterocycles. The third kappa shape index (κ3) is 2.38. The van der Waals surface area contributed by atoms with E-state index >= 15 is 0 Å². The molecule has 21 heavy (non-hydrogen) atoms. The Hall–Kier alpha value is -1.34. The summed E-state index contributed by atoms with van der Waals surface area (Å²) in [7, 11) is 0. The number of amides is 2. The van der Waals surface area contributed by atoms with Crippen molar-refractivity contribution >= 4 is 22.0 Å². The van der Waals surface area contributed by atoms with Gasteiger partial charge in [-0.3, -0.25) is 4.90 Å². The predicted octanol–water partition coefficient (Wildman–Crippen LogP) is 2.54. The van der Waals surface area contributed by atoms with E-state index in [0.717, 1.165) is 0 Å². The van der Waals surface area contributed by atoms with Gasteiger partial charge >= 0.3 is 6.03 Å². The molecule has 2 amide bonds. The van der Waals surface area contributed by atoms with Crippen molar-refractivity contribution < 1.29 is 19.0 Å². The standard InChI is InChI=1S/C14H16BrFN2O3/c1-14-7-11(17-13(20)18(14)3-2-4-19)9-5-8(15)6-10(16)12(9)21-14/h5-6,11,19H,2-4,7H2,1H3,(H,17,20). The number of halogens is 2. The van der Waals surface area contributed by atoms with Crippen LogP contribution < -0.4 is 10.1 Å². The molecule has 7 heteroatoms. The van der Waals surface area contributed by atoms with E-state index in [0.29, 0.717) is 29.4 Å². The van der Waals surface area contributed by atoms with Crippen LogP contribution in [0.3, 0.4) is 0 Å². The van der Waals surface area contributed by atoms with Gasteiger partial charge in [0.1, 0.15) is 0 Å². The maximum absolute atomic E-state index is 14.2.